The fourth-order valence-electron chi connectivity index (χ4n) is 1.57. The smallest absolute Gasteiger partial charge is 0.236 e. The molecule has 1 aliphatic heterocycles. The first-order valence-corrected chi connectivity index (χ1v) is 5.40. The number of methoxy groups -OCH3 is 1. The maximum absolute atomic E-state index is 11.8. The average molecular weight is 215 g/mol. The van der Waals surface area contributed by atoms with Crippen molar-refractivity contribution in [1.29, 1.82) is 0 Å². The number of carbonyl (C=O) groups is 1. The Kier molecular flexibility index (Phi) is 5.60. The summed E-state index contributed by atoms with van der Waals surface area (Å²) in [5.74, 6) is 0.218. The van der Waals surface area contributed by atoms with Gasteiger partial charge in [-0.05, 0) is 7.05 Å². The molecule has 0 bridgehead atoms. The van der Waals surface area contributed by atoms with Gasteiger partial charge in [0.15, 0.2) is 0 Å². The molecule has 0 aromatic rings. The number of hydrogen-bond acceptors (Lipinski definition) is 4. The standard InChI is InChI=1S/C10H21N3O2/c1-12(7-8-15-2)9-10(14)13-5-3-11-4-6-13/h11H,3-9H2,1-2H3. The lowest BCUT2D eigenvalue weighted by atomic mass is 10.3. The van der Waals surface area contributed by atoms with Crippen LogP contribution in [0.15, 0.2) is 0 Å². The van der Waals surface area contributed by atoms with Crippen molar-refractivity contribution in [2.45, 2.75) is 0 Å². The van der Waals surface area contributed by atoms with E-state index in [0.29, 0.717) is 13.2 Å². The molecule has 0 aromatic carbocycles. The van der Waals surface area contributed by atoms with Gasteiger partial charge >= 0.3 is 0 Å². The van der Waals surface area contributed by atoms with E-state index in [1.54, 1.807) is 7.11 Å². The molecule has 0 aromatic heterocycles. The molecule has 0 saturated carbocycles. The van der Waals surface area contributed by atoms with E-state index >= 15 is 0 Å². The fourth-order valence-corrected chi connectivity index (χ4v) is 1.57. The molecule has 1 amide bonds. The molecular formula is C10H21N3O2. The normalized spacial score (nSPS) is 17.1. The van der Waals surface area contributed by atoms with E-state index in [1.807, 2.05) is 16.8 Å². The third-order valence-corrected chi connectivity index (χ3v) is 2.55. The Balaban J connectivity index is 2.21. The maximum atomic E-state index is 11.8. The summed E-state index contributed by atoms with van der Waals surface area (Å²) >= 11 is 0. The van der Waals surface area contributed by atoms with Crippen LogP contribution in [0.5, 0.6) is 0 Å². The van der Waals surface area contributed by atoms with Crippen molar-refractivity contribution in [3.05, 3.63) is 0 Å². The minimum atomic E-state index is 0.218. The predicted octanol–water partition coefficient (Wildman–Crippen LogP) is -1.00. The third kappa shape index (κ3) is 4.59. The van der Waals surface area contributed by atoms with E-state index in [2.05, 4.69) is 5.32 Å². The minimum Gasteiger partial charge on any atom is -0.383 e. The SMILES string of the molecule is COCCN(C)CC(=O)N1CCNCC1. The van der Waals surface area contributed by atoms with Crippen LogP contribution in [0.1, 0.15) is 0 Å². The zero-order chi connectivity index (χ0) is 11.1. The molecule has 0 atom stereocenters. The number of piperazine rings is 1. The molecule has 1 N–H and O–H groups in total. The first-order valence-electron chi connectivity index (χ1n) is 5.40. The summed E-state index contributed by atoms with van der Waals surface area (Å²) in [7, 11) is 3.62. The molecule has 1 heterocycles. The quantitative estimate of drug-likeness (QED) is 0.639. The number of ether oxygens (including phenoxy) is 1. The number of carbonyl (C=O) groups excluding carboxylic acids is 1. The largest absolute Gasteiger partial charge is 0.383 e. The highest BCUT2D eigenvalue weighted by Gasteiger charge is 2.16. The van der Waals surface area contributed by atoms with Crippen LogP contribution in [0.2, 0.25) is 0 Å². The Morgan fingerprint density at radius 3 is 2.73 bits per heavy atom. The summed E-state index contributed by atoms with van der Waals surface area (Å²) in [4.78, 5) is 15.7. The van der Waals surface area contributed by atoms with Gasteiger partial charge in [0.25, 0.3) is 0 Å². The first kappa shape index (κ1) is 12.4. The second kappa shape index (κ2) is 6.76. The Bertz CT molecular complexity index is 193. The second-order valence-corrected chi connectivity index (χ2v) is 3.86. The van der Waals surface area contributed by atoms with Crippen LogP contribution < -0.4 is 5.32 Å². The monoisotopic (exact) mass is 215 g/mol. The number of hydrogen-bond donors (Lipinski definition) is 1. The van der Waals surface area contributed by atoms with Crippen LogP contribution in [-0.2, 0) is 9.53 Å². The molecule has 15 heavy (non-hydrogen) atoms. The Hall–Kier alpha value is -0.650. The van der Waals surface area contributed by atoms with Crippen molar-refractivity contribution >= 4 is 5.91 Å². The van der Waals surface area contributed by atoms with Crippen molar-refractivity contribution in [3.63, 3.8) is 0 Å². The topological polar surface area (TPSA) is 44.8 Å². The molecule has 0 unspecified atom stereocenters. The summed E-state index contributed by atoms with van der Waals surface area (Å²) in [5.41, 5.74) is 0. The molecule has 1 fully saturated rings. The van der Waals surface area contributed by atoms with Gasteiger partial charge in [0, 0.05) is 39.8 Å². The Morgan fingerprint density at radius 1 is 1.47 bits per heavy atom. The van der Waals surface area contributed by atoms with Crippen LogP contribution in [0.25, 0.3) is 0 Å². The lowest BCUT2D eigenvalue weighted by molar-refractivity contribution is -0.132. The molecular weight excluding hydrogens is 194 g/mol. The van der Waals surface area contributed by atoms with Gasteiger partial charge in [-0.3, -0.25) is 9.69 Å². The first-order chi connectivity index (χ1) is 7.24. The maximum Gasteiger partial charge on any atom is 0.236 e. The van der Waals surface area contributed by atoms with E-state index in [4.69, 9.17) is 4.74 Å². The predicted molar refractivity (Wildman–Crippen MR) is 58.8 cm³/mol. The molecule has 1 aliphatic rings. The van der Waals surface area contributed by atoms with Crippen LogP contribution in [-0.4, -0.2) is 75.7 Å². The molecule has 0 spiro atoms. The van der Waals surface area contributed by atoms with Gasteiger partial charge in [-0.1, -0.05) is 0 Å². The second-order valence-electron chi connectivity index (χ2n) is 3.86. The van der Waals surface area contributed by atoms with E-state index in [9.17, 15) is 4.79 Å². The molecule has 5 nitrogen and oxygen atoms in total. The van der Waals surface area contributed by atoms with Crippen LogP contribution in [0.3, 0.4) is 0 Å². The van der Waals surface area contributed by atoms with Crippen LogP contribution in [0.4, 0.5) is 0 Å². The number of nitrogens with zero attached hydrogens (tertiary/aromatic N) is 2. The lowest BCUT2D eigenvalue weighted by Crippen LogP contribution is -2.49. The average Bonchev–Trinajstić information content (AvgIpc) is 2.27. The van der Waals surface area contributed by atoms with Gasteiger partial charge in [-0.15, -0.1) is 0 Å². The van der Waals surface area contributed by atoms with Gasteiger partial charge in [0.05, 0.1) is 13.2 Å². The highest BCUT2D eigenvalue weighted by Crippen LogP contribution is 1.95. The highest BCUT2D eigenvalue weighted by molar-refractivity contribution is 5.78. The summed E-state index contributed by atoms with van der Waals surface area (Å²) in [6, 6.07) is 0. The van der Waals surface area contributed by atoms with Crippen molar-refractivity contribution in [3.8, 4) is 0 Å². The van der Waals surface area contributed by atoms with Crippen LogP contribution >= 0.6 is 0 Å². The van der Waals surface area contributed by atoms with Crippen molar-refractivity contribution < 1.29 is 9.53 Å². The molecule has 0 aliphatic carbocycles. The number of amides is 1. The lowest BCUT2D eigenvalue weighted by Gasteiger charge is -2.29. The fraction of sp³-hybridized carbons (Fsp3) is 0.900. The van der Waals surface area contributed by atoms with Crippen molar-refractivity contribution in [2.24, 2.45) is 0 Å². The molecule has 0 radical (unpaired) electrons. The van der Waals surface area contributed by atoms with Crippen molar-refractivity contribution in [2.75, 3.05) is 60.0 Å². The van der Waals surface area contributed by atoms with E-state index < -0.39 is 0 Å². The highest BCUT2D eigenvalue weighted by atomic mass is 16.5. The van der Waals surface area contributed by atoms with Gasteiger partial charge in [-0.2, -0.15) is 0 Å². The molecule has 1 rings (SSSR count). The van der Waals surface area contributed by atoms with E-state index in [1.165, 1.54) is 0 Å². The summed E-state index contributed by atoms with van der Waals surface area (Å²) < 4.78 is 4.96. The van der Waals surface area contributed by atoms with Gasteiger partial charge in [0.2, 0.25) is 5.91 Å². The molecule has 1 saturated heterocycles. The van der Waals surface area contributed by atoms with Crippen molar-refractivity contribution in [1.82, 2.24) is 15.1 Å². The minimum absolute atomic E-state index is 0.218. The summed E-state index contributed by atoms with van der Waals surface area (Å²) in [6.45, 7) is 5.44. The van der Waals surface area contributed by atoms with Crippen LogP contribution in [0, 0.1) is 0 Å². The number of likely N-dealkylation sites (N-methyl/N-ethyl adjacent to an activating group) is 1. The van der Waals surface area contributed by atoms with E-state index in [-0.39, 0.29) is 5.91 Å². The Morgan fingerprint density at radius 2 is 2.13 bits per heavy atom. The number of nitrogens with one attached hydrogen (secondary N) is 1. The van der Waals surface area contributed by atoms with E-state index in [0.717, 1.165) is 32.7 Å². The van der Waals surface area contributed by atoms with Gasteiger partial charge in [-0.25, -0.2) is 0 Å². The third-order valence-electron chi connectivity index (χ3n) is 2.55. The summed E-state index contributed by atoms with van der Waals surface area (Å²) in [5, 5.41) is 3.23. The zero-order valence-electron chi connectivity index (χ0n) is 9.66. The summed E-state index contributed by atoms with van der Waals surface area (Å²) in [6.07, 6.45) is 0. The Labute approximate surface area is 91.4 Å². The van der Waals surface area contributed by atoms with Gasteiger partial charge in [0.1, 0.15) is 0 Å². The van der Waals surface area contributed by atoms with Gasteiger partial charge < -0.3 is 15.0 Å². The number of rotatable bonds is 5. The molecule has 88 valence electrons. The molecule has 5 heteroatoms. The zero-order valence-corrected chi connectivity index (χ0v) is 9.66.